The molecule has 2 aliphatic rings. The second-order valence-corrected chi connectivity index (χ2v) is 11.6. The van der Waals surface area contributed by atoms with Gasteiger partial charge in [0, 0.05) is 18.3 Å². The first-order valence-electron chi connectivity index (χ1n) is 13.3. The van der Waals surface area contributed by atoms with Crippen LogP contribution in [-0.4, -0.2) is 95.6 Å². The van der Waals surface area contributed by atoms with Gasteiger partial charge >= 0.3 is 12.1 Å². The van der Waals surface area contributed by atoms with Crippen LogP contribution in [0.25, 0.3) is 0 Å². The number of ether oxygens (including phenoxy) is 1. The van der Waals surface area contributed by atoms with E-state index in [4.69, 9.17) is 4.74 Å². The monoisotopic (exact) mass is 532 g/mol. The third-order valence-electron chi connectivity index (χ3n) is 7.26. The average molecular weight is 533 g/mol. The molecule has 0 aromatic heterocycles. The number of aliphatic hydroxyl groups excluding tert-OH is 1. The fourth-order valence-electron chi connectivity index (χ4n) is 5.19. The number of rotatable bonds is 8. The third-order valence-corrected chi connectivity index (χ3v) is 7.26. The SMILES string of the molecule is CNC(C)C(=O)NC(C(O)N1CCC2C1C(OC(=O)Nc1ccccc1)CN2C(=O)NC(C)C)C(C)(C)C. The van der Waals surface area contributed by atoms with Crippen LogP contribution in [0.4, 0.5) is 15.3 Å². The molecular formula is C27H44N6O5. The number of para-hydroxylation sites is 1. The van der Waals surface area contributed by atoms with Crippen LogP contribution in [-0.2, 0) is 9.53 Å². The Kier molecular flexibility index (Phi) is 9.61. The predicted molar refractivity (Wildman–Crippen MR) is 146 cm³/mol. The number of anilines is 1. The van der Waals surface area contributed by atoms with Gasteiger partial charge in [0.15, 0.2) is 0 Å². The van der Waals surface area contributed by atoms with Crippen LogP contribution in [0.15, 0.2) is 30.3 Å². The lowest BCUT2D eigenvalue weighted by molar-refractivity contribution is -0.129. The second kappa shape index (κ2) is 12.3. The van der Waals surface area contributed by atoms with Gasteiger partial charge in [-0.25, -0.2) is 9.59 Å². The average Bonchev–Trinajstić information content (AvgIpc) is 3.42. The van der Waals surface area contributed by atoms with E-state index in [1.165, 1.54) is 0 Å². The number of carbonyl (C=O) groups excluding carboxylic acids is 3. The smallest absolute Gasteiger partial charge is 0.412 e. The number of likely N-dealkylation sites (tertiary alicyclic amines) is 2. The Morgan fingerprint density at radius 2 is 1.74 bits per heavy atom. The fourth-order valence-corrected chi connectivity index (χ4v) is 5.19. The van der Waals surface area contributed by atoms with Gasteiger partial charge in [-0.2, -0.15) is 0 Å². The number of hydrogen-bond donors (Lipinski definition) is 5. The van der Waals surface area contributed by atoms with Crippen molar-refractivity contribution in [1.82, 2.24) is 25.8 Å². The molecule has 2 saturated heterocycles. The van der Waals surface area contributed by atoms with Crippen molar-refractivity contribution in [1.29, 1.82) is 0 Å². The van der Waals surface area contributed by atoms with Crippen molar-refractivity contribution < 1.29 is 24.2 Å². The summed E-state index contributed by atoms with van der Waals surface area (Å²) in [7, 11) is 1.70. The molecule has 4 amide bonds. The summed E-state index contributed by atoms with van der Waals surface area (Å²) in [5.41, 5.74) is 0.119. The number of nitrogens with zero attached hydrogens (tertiary/aromatic N) is 2. The molecule has 6 unspecified atom stereocenters. The van der Waals surface area contributed by atoms with E-state index in [-0.39, 0.29) is 30.6 Å². The van der Waals surface area contributed by atoms with Crippen molar-refractivity contribution in [3.63, 3.8) is 0 Å². The highest BCUT2D eigenvalue weighted by molar-refractivity contribution is 5.85. The zero-order valence-electron chi connectivity index (χ0n) is 23.5. The van der Waals surface area contributed by atoms with Gasteiger partial charge in [0.2, 0.25) is 5.91 Å². The Hall–Kier alpha value is -2.89. The summed E-state index contributed by atoms with van der Waals surface area (Å²) < 4.78 is 5.88. The first-order chi connectivity index (χ1) is 17.8. The highest BCUT2D eigenvalue weighted by Gasteiger charge is 2.55. The number of hydrogen-bond acceptors (Lipinski definition) is 7. The number of benzene rings is 1. The van der Waals surface area contributed by atoms with Crippen LogP contribution in [0.5, 0.6) is 0 Å². The number of amides is 4. The van der Waals surface area contributed by atoms with Crippen molar-refractivity contribution in [2.75, 3.05) is 25.5 Å². The number of likely N-dealkylation sites (N-methyl/N-ethyl adjacent to an activating group) is 1. The van der Waals surface area contributed by atoms with E-state index in [9.17, 15) is 19.5 Å². The molecule has 11 nitrogen and oxygen atoms in total. The summed E-state index contributed by atoms with van der Waals surface area (Å²) in [4.78, 5) is 42.2. The van der Waals surface area contributed by atoms with E-state index in [0.29, 0.717) is 18.7 Å². The predicted octanol–water partition coefficient (Wildman–Crippen LogP) is 1.94. The summed E-state index contributed by atoms with van der Waals surface area (Å²) in [5, 5.41) is 23.3. The molecule has 0 spiro atoms. The minimum atomic E-state index is -1.06. The summed E-state index contributed by atoms with van der Waals surface area (Å²) in [6.45, 7) is 12.1. The van der Waals surface area contributed by atoms with Crippen molar-refractivity contribution in [2.45, 2.75) is 90.5 Å². The molecule has 212 valence electrons. The van der Waals surface area contributed by atoms with E-state index < -0.39 is 42.0 Å². The lowest BCUT2D eigenvalue weighted by atomic mass is 9.84. The lowest BCUT2D eigenvalue weighted by Gasteiger charge is -2.42. The highest BCUT2D eigenvalue weighted by Crippen LogP contribution is 2.37. The van der Waals surface area contributed by atoms with Crippen LogP contribution >= 0.6 is 0 Å². The van der Waals surface area contributed by atoms with Gasteiger partial charge in [0.1, 0.15) is 12.3 Å². The fraction of sp³-hybridized carbons (Fsp3) is 0.667. The summed E-state index contributed by atoms with van der Waals surface area (Å²) in [6.07, 6.45) is -1.76. The van der Waals surface area contributed by atoms with Gasteiger partial charge in [-0.05, 0) is 51.8 Å². The second-order valence-electron chi connectivity index (χ2n) is 11.6. The Labute approximate surface area is 225 Å². The maximum Gasteiger partial charge on any atom is 0.412 e. The minimum Gasteiger partial charge on any atom is -0.442 e. The quantitative estimate of drug-likeness (QED) is 0.345. The molecule has 6 atom stereocenters. The van der Waals surface area contributed by atoms with Gasteiger partial charge in [-0.15, -0.1) is 0 Å². The number of nitrogens with one attached hydrogen (secondary N) is 4. The molecule has 2 fully saturated rings. The van der Waals surface area contributed by atoms with Crippen molar-refractivity contribution >= 4 is 23.7 Å². The molecule has 1 aromatic carbocycles. The van der Waals surface area contributed by atoms with Gasteiger partial charge in [0.05, 0.1) is 30.7 Å². The Morgan fingerprint density at radius 1 is 1.08 bits per heavy atom. The molecule has 11 heteroatoms. The van der Waals surface area contributed by atoms with Gasteiger partial charge in [0.25, 0.3) is 0 Å². The summed E-state index contributed by atoms with van der Waals surface area (Å²) >= 11 is 0. The molecule has 2 heterocycles. The zero-order valence-corrected chi connectivity index (χ0v) is 23.5. The van der Waals surface area contributed by atoms with Gasteiger partial charge < -0.3 is 30.7 Å². The van der Waals surface area contributed by atoms with Crippen LogP contribution in [0.1, 0.15) is 48.0 Å². The largest absolute Gasteiger partial charge is 0.442 e. The van der Waals surface area contributed by atoms with Crippen LogP contribution in [0.3, 0.4) is 0 Å². The molecule has 5 N–H and O–H groups in total. The molecule has 0 aliphatic carbocycles. The number of urea groups is 1. The Morgan fingerprint density at radius 3 is 2.32 bits per heavy atom. The van der Waals surface area contributed by atoms with Crippen molar-refractivity contribution in [3.8, 4) is 0 Å². The Balaban J connectivity index is 1.85. The maximum absolute atomic E-state index is 13.1. The van der Waals surface area contributed by atoms with E-state index >= 15 is 0 Å². The molecule has 0 bridgehead atoms. The maximum atomic E-state index is 13.1. The first-order valence-corrected chi connectivity index (χ1v) is 13.3. The minimum absolute atomic E-state index is 0.0555. The number of fused-ring (bicyclic) bond motifs is 1. The summed E-state index contributed by atoms with van der Waals surface area (Å²) in [5.74, 6) is -0.221. The number of aliphatic hydroxyl groups is 1. The van der Waals surface area contributed by atoms with E-state index in [0.717, 1.165) is 0 Å². The summed E-state index contributed by atoms with van der Waals surface area (Å²) in [6, 6.07) is 6.96. The van der Waals surface area contributed by atoms with Crippen molar-refractivity contribution in [3.05, 3.63) is 30.3 Å². The standard InChI is InChI=1S/C27H44N6O5/c1-16(2)29-25(36)33-15-20(38-26(37)30-18-11-9-8-10-12-18)21-19(33)13-14-32(21)24(35)22(27(4,5)6)31-23(34)17(3)28-7/h8-12,16-17,19-22,24,28,35H,13-15H2,1-7H3,(H,29,36)(H,30,37)(H,31,34). The molecule has 3 rings (SSSR count). The molecule has 0 radical (unpaired) electrons. The van der Waals surface area contributed by atoms with Crippen LogP contribution in [0, 0.1) is 5.41 Å². The molecular weight excluding hydrogens is 488 g/mol. The molecule has 2 aliphatic heterocycles. The highest BCUT2D eigenvalue weighted by atomic mass is 16.6. The van der Waals surface area contributed by atoms with E-state index in [2.05, 4.69) is 21.3 Å². The first kappa shape index (κ1) is 29.7. The molecule has 0 saturated carbocycles. The van der Waals surface area contributed by atoms with Crippen LogP contribution in [0.2, 0.25) is 0 Å². The lowest BCUT2D eigenvalue weighted by Crippen LogP contribution is -2.62. The van der Waals surface area contributed by atoms with Crippen molar-refractivity contribution in [2.24, 2.45) is 5.41 Å². The van der Waals surface area contributed by atoms with E-state index in [1.54, 1.807) is 31.0 Å². The van der Waals surface area contributed by atoms with E-state index in [1.807, 2.05) is 57.7 Å². The molecule has 38 heavy (non-hydrogen) atoms. The molecule has 1 aromatic rings. The Bertz CT molecular complexity index is 968. The zero-order chi connectivity index (χ0) is 28.2. The topological polar surface area (TPSA) is 135 Å². The number of carbonyl (C=O) groups is 3. The van der Waals surface area contributed by atoms with Gasteiger partial charge in [-0.3, -0.25) is 15.0 Å². The third kappa shape index (κ3) is 6.95. The van der Waals surface area contributed by atoms with Crippen LogP contribution < -0.4 is 21.3 Å². The van der Waals surface area contributed by atoms with Gasteiger partial charge in [-0.1, -0.05) is 39.0 Å². The normalized spacial score (nSPS) is 23.9.